The first-order chi connectivity index (χ1) is 11.3. The number of alkyl halides is 3. The Morgan fingerprint density at radius 2 is 1.60 bits per heavy atom. The highest BCUT2D eigenvalue weighted by Gasteiger charge is 2.32. The van der Waals surface area contributed by atoms with E-state index in [0.717, 1.165) is 18.9 Å². The SMILES string of the molecule is Cc1cc(NCCCCCNS(=O)(=O)C(C)(C)C)ccc1C(F)(F)F. The first kappa shape index (κ1) is 21.8. The Balaban J connectivity index is 2.30. The monoisotopic (exact) mass is 380 g/mol. The van der Waals surface area contributed by atoms with Crippen molar-refractivity contribution >= 4 is 15.7 Å². The number of sulfonamides is 1. The Bertz CT molecular complexity index is 665. The second-order valence-corrected chi connectivity index (χ2v) is 9.55. The second-order valence-electron chi connectivity index (χ2n) is 7.03. The number of hydrogen-bond donors (Lipinski definition) is 2. The van der Waals surface area contributed by atoms with E-state index in [2.05, 4.69) is 10.0 Å². The number of rotatable bonds is 8. The van der Waals surface area contributed by atoms with Gasteiger partial charge >= 0.3 is 6.18 Å². The van der Waals surface area contributed by atoms with Gasteiger partial charge in [0.1, 0.15) is 0 Å². The number of nitrogens with one attached hydrogen (secondary N) is 2. The molecule has 0 amide bonds. The largest absolute Gasteiger partial charge is 0.416 e. The molecule has 0 aliphatic heterocycles. The molecule has 0 heterocycles. The number of aryl methyl sites for hydroxylation is 1. The van der Waals surface area contributed by atoms with Gasteiger partial charge in [0.2, 0.25) is 10.0 Å². The van der Waals surface area contributed by atoms with Crippen molar-refractivity contribution in [3.05, 3.63) is 29.3 Å². The van der Waals surface area contributed by atoms with Gasteiger partial charge in [0, 0.05) is 18.8 Å². The minimum atomic E-state index is -4.33. The van der Waals surface area contributed by atoms with E-state index in [9.17, 15) is 21.6 Å². The van der Waals surface area contributed by atoms with Gasteiger partial charge in [-0.05, 0) is 64.3 Å². The Hall–Kier alpha value is -1.28. The van der Waals surface area contributed by atoms with Gasteiger partial charge in [-0.15, -0.1) is 0 Å². The number of benzene rings is 1. The van der Waals surface area contributed by atoms with Gasteiger partial charge in [-0.3, -0.25) is 0 Å². The van der Waals surface area contributed by atoms with Crippen molar-refractivity contribution < 1.29 is 21.6 Å². The van der Waals surface area contributed by atoms with Crippen LogP contribution in [0.1, 0.15) is 51.2 Å². The van der Waals surface area contributed by atoms with Crippen LogP contribution in [-0.2, 0) is 16.2 Å². The summed E-state index contributed by atoms with van der Waals surface area (Å²) in [6, 6.07) is 3.99. The Morgan fingerprint density at radius 1 is 1.00 bits per heavy atom. The molecule has 0 aliphatic carbocycles. The normalized spacial score (nSPS) is 13.1. The van der Waals surface area contributed by atoms with Crippen LogP contribution in [-0.4, -0.2) is 26.3 Å². The highest BCUT2D eigenvalue weighted by atomic mass is 32.2. The van der Waals surface area contributed by atoms with Crippen LogP contribution in [0.4, 0.5) is 18.9 Å². The van der Waals surface area contributed by atoms with Crippen LogP contribution in [0.2, 0.25) is 0 Å². The van der Waals surface area contributed by atoms with Crippen molar-refractivity contribution in [2.24, 2.45) is 0 Å². The Morgan fingerprint density at radius 3 is 2.12 bits per heavy atom. The van der Waals surface area contributed by atoms with Crippen molar-refractivity contribution in [2.45, 2.75) is 57.9 Å². The highest BCUT2D eigenvalue weighted by molar-refractivity contribution is 7.90. The summed E-state index contributed by atoms with van der Waals surface area (Å²) >= 11 is 0. The first-order valence-electron chi connectivity index (χ1n) is 8.25. The summed E-state index contributed by atoms with van der Waals surface area (Å²) in [5, 5.41) is 3.09. The molecule has 25 heavy (non-hydrogen) atoms. The molecule has 0 aliphatic rings. The van der Waals surface area contributed by atoms with Crippen LogP contribution in [0.5, 0.6) is 0 Å². The Labute approximate surface area is 148 Å². The van der Waals surface area contributed by atoms with E-state index in [1.54, 1.807) is 20.8 Å². The fourth-order valence-corrected chi connectivity index (χ4v) is 3.02. The maximum absolute atomic E-state index is 12.7. The first-order valence-corrected chi connectivity index (χ1v) is 9.74. The molecule has 4 nitrogen and oxygen atoms in total. The molecule has 2 N–H and O–H groups in total. The molecule has 0 saturated heterocycles. The molecule has 0 bridgehead atoms. The third-order valence-electron chi connectivity index (χ3n) is 3.81. The van der Waals surface area contributed by atoms with Crippen LogP contribution in [0.3, 0.4) is 0 Å². The lowest BCUT2D eigenvalue weighted by Gasteiger charge is -2.19. The molecule has 0 spiro atoms. The van der Waals surface area contributed by atoms with E-state index in [1.165, 1.54) is 19.1 Å². The zero-order valence-electron chi connectivity index (χ0n) is 15.1. The van der Waals surface area contributed by atoms with Gasteiger partial charge in [0.15, 0.2) is 0 Å². The molecule has 0 fully saturated rings. The minimum Gasteiger partial charge on any atom is -0.385 e. The zero-order valence-corrected chi connectivity index (χ0v) is 15.9. The third-order valence-corrected chi connectivity index (χ3v) is 6.01. The highest BCUT2D eigenvalue weighted by Crippen LogP contribution is 2.32. The summed E-state index contributed by atoms with van der Waals surface area (Å²) in [7, 11) is -3.31. The molecule has 0 saturated carbocycles. The van der Waals surface area contributed by atoms with Crippen LogP contribution < -0.4 is 10.0 Å². The number of anilines is 1. The summed E-state index contributed by atoms with van der Waals surface area (Å²) in [6.07, 6.45) is -2.00. The number of unbranched alkanes of at least 4 members (excludes halogenated alkanes) is 2. The summed E-state index contributed by atoms with van der Waals surface area (Å²) in [5.41, 5.74) is 0.220. The predicted octanol–water partition coefficient (Wildman–Crippen LogP) is 4.31. The number of halogens is 3. The topological polar surface area (TPSA) is 58.2 Å². The fraction of sp³-hybridized carbons (Fsp3) is 0.647. The van der Waals surface area contributed by atoms with Crippen LogP contribution in [0, 0.1) is 6.92 Å². The summed E-state index contributed by atoms with van der Waals surface area (Å²) < 4.78 is 63.5. The maximum Gasteiger partial charge on any atom is 0.416 e. The molecule has 1 aromatic carbocycles. The predicted molar refractivity (Wildman–Crippen MR) is 95.2 cm³/mol. The van der Waals surface area contributed by atoms with Crippen LogP contribution in [0.15, 0.2) is 18.2 Å². The molecular weight excluding hydrogens is 353 g/mol. The van der Waals surface area contributed by atoms with Crippen molar-refractivity contribution in [3.8, 4) is 0 Å². The molecule has 0 atom stereocenters. The fourth-order valence-electron chi connectivity index (χ4n) is 2.17. The van der Waals surface area contributed by atoms with Gasteiger partial charge in [-0.1, -0.05) is 6.42 Å². The summed E-state index contributed by atoms with van der Waals surface area (Å²) in [6.45, 7) is 7.38. The van der Waals surface area contributed by atoms with Crippen LogP contribution in [0.25, 0.3) is 0 Å². The second kappa shape index (κ2) is 8.40. The zero-order chi connectivity index (χ0) is 19.3. The lowest BCUT2D eigenvalue weighted by molar-refractivity contribution is -0.138. The minimum absolute atomic E-state index is 0.189. The molecule has 144 valence electrons. The van der Waals surface area contributed by atoms with E-state index in [-0.39, 0.29) is 5.56 Å². The lowest BCUT2D eigenvalue weighted by atomic mass is 10.1. The molecular formula is C17H27F3N2O2S. The van der Waals surface area contributed by atoms with Gasteiger partial charge in [-0.2, -0.15) is 13.2 Å². The molecule has 0 aromatic heterocycles. The van der Waals surface area contributed by atoms with Crippen molar-refractivity contribution in [1.29, 1.82) is 0 Å². The van der Waals surface area contributed by atoms with Gasteiger partial charge < -0.3 is 5.32 Å². The molecule has 1 aromatic rings. The van der Waals surface area contributed by atoms with E-state index in [1.807, 2.05) is 0 Å². The summed E-state index contributed by atoms with van der Waals surface area (Å²) in [5.74, 6) is 0. The van der Waals surface area contributed by atoms with Crippen molar-refractivity contribution in [1.82, 2.24) is 4.72 Å². The van der Waals surface area contributed by atoms with E-state index >= 15 is 0 Å². The molecule has 0 radical (unpaired) electrons. The van der Waals surface area contributed by atoms with Gasteiger partial charge in [0.05, 0.1) is 10.3 Å². The quantitative estimate of drug-likeness (QED) is 0.661. The number of hydrogen-bond acceptors (Lipinski definition) is 3. The van der Waals surface area contributed by atoms with E-state index in [0.29, 0.717) is 25.2 Å². The van der Waals surface area contributed by atoms with Gasteiger partial charge in [0.25, 0.3) is 0 Å². The van der Waals surface area contributed by atoms with Crippen molar-refractivity contribution in [2.75, 3.05) is 18.4 Å². The smallest absolute Gasteiger partial charge is 0.385 e. The van der Waals surface area contributed by atoms with E-state index in [4.69, 9.17) is 0 Å². The average molecular weight is 380 g/mol. The maximum atomic E-state index is 12.7. The molecule has 1 rings (SSSR count). The average Bonchev–Trinajstić information content (AvgIpc) is 2.43. The third kappa shape index (κ3) is 6.86. The van der Waals surface area contributed by atoms with Gasteiger partial charge in [-0.25, -0.2) is 13.1 Å². The lowest BCUT2D eigenvalue weighted by Crippen LogP contribution is -2.39. The Kier molecular flexibility index (Phi) is 7.31. The standard InChI is InChI=1S/C17H27F3N2O2S/c1-13-12-14(8-9-15(13)17(18,19)20)21-10-6-5-7-11-22-25(23,24)16(2,3)4/h8-9,12,21-22H,5-7,10-11H2,1-4H3. The van der Waals surface area contributed by atoms with Crippen LogP contribution >= 0.6 is 0 Å². The van der Waals surface area contributed by atoms with E-state index < -0.39 is 26.5 Å². The molecule has 8 heteroatoms. The summed E-state index contributed by atoms with van der Waals surface area (Å²) in [4.78, 5) is 0. The van der Waals surface area contributed by atoms with Crippen molar-refractivity contribution in [3.63, 3.8) is 0 Å². The molecule has 0 unspecified atom stereocenters.